The summed E-state index contributed by atoms with van der Waals surface area (Å²) in [5.74, 6) is 1.68. The number of imidazole rings is 2. The summed E-state index contributed by atoms with van der Waals surface area (Å²) >= 11 is 1.78. The number of methoxy groups -OCH3 is 2. The number of nitrogens with zero attached hydrogens (tertiary/aromatic N) is 4. The molecule has 2 saturated heterocycles. The number of rotatable bonds is 10. The van der Waals surface area contributed by atoms with Crippen LogP contribution in [-0.4, -0.2) is 93.1 Å². The van der Waals surface area contributed by atoms with Crippen LogP contribution in [0.5, 0.6) is 0 Å². The Hall–Kier alpha value is -4.40. The summed E-state index contributed by atoms with van der Waals surface area (Å²) in [7, 11) is 2.70. The van der Waals surface area contributed by atoms with E-state index in [-0.39, 0.29) is 41.1 Å². The molecule has 3 saturated carbocycles. The van der Waals surface area contributed by atoms with Crippen LogP contribution in [0.15, 0.2) is 12.4 Å². The van der Waals surface area contributed by atoms with Crippen LogP contribution < -0.4 is 10.6 Å². The molecule has 324 valence electrons. The van der Waals surface area contributed by atoms with Crippen molar-refractivity contribution in [2.24, 2.45) is 17.3 Å². The van der Waals surface area contributed by atoms with Crippen LogP contribution >= 0.6 is 11.3 Å². The molecular formula is C45H62N8O6S. The number of amides is 4. The highest BCUT2D eigenvalue weighted by Crippen LogP contribution is 2.56. The fraction of sp³-hybridized carbons (Fsp3) is 0.689. The predicted octanol–water partition coefficient (Wildman–Crippen LogP) is 8.12. The predicted molar refractivity (Wildman–Crippen MR) is 227 cm³/mol. The highest BCUT2D eigenvalue weighted by molar-refractivity contribution is 7.19. The Kier molecular flexibility index (Phi) is 12.0. The van der Waals surface area contributed by atoms with E-state index in [1.165, 1.54) is 60.8 Å². The lowest BCUT2D eigenvalue weighted by atomic mass is 9.83. The van der Waals surface area contributed by atoms with Gasteiger partial charge in [-0.05, 0) is 105 Å². The van der Waals surface area contributed by atoms with E-state index in [4.69, 9.17) is 19.4 Å². The van der Waals surface area contributed by atoms with Crippen molar-refractivity contribution in [1.29, 1.82) is 0 Å². The van der Waals surface area contributed by atoms with Gasteiger partial charge < -0.3 is 39.9 Å². The second-order valence-corrected chi connectivity index (χ2v) is 19.6. The third-order valence-electron chi connectivity index (χ3n) is 15.0. The molecule has 2 aliphatic heterocycles. The van der Waals surface area contributed by atoms with Gasteiger partial charge in [-0.3, -0.25) is 9.59 Å². The van der Waals surface area contributed by atoms with Crippen LogP contribution in [0.3, 0.4) is 0 Å². The molecule has 15 heteroatoms. The number of aromatic amines is 2. The molecule has 3 aromatic heterocycles. The van der Waals surface area contributed by atoms with Gasteiger partial charge in [0.25, 0.3) is 0 Å². The zero-order valence-electron chi connectivity index (χ0n) is 35.3. The van der Waals surface area contributed by atoms with Gasteiger partial charge in [0.15, 0.2) is 0 Å². The van der Waals surface area contributed by atoms with Gasteiger partial charge in [0.2, 0.25) is 11.8 Å². The number of carbonyl (C=O) groups excluding carboxylic acids is 4. The van der Waals surface area contributed by atoms with Crippen LogP contribution in [0, 0.1) is 17.3 Å². The molecule has 0 unspecified atom stereocenters. The van der Waals surface area contributed by atoms with Crippen molar-refractivity contribution in [1.82, 2.24) is 40.4 Å². The Labute approximate surface area is 356 Å². The first-order chi connectivity index (χ1) is 29.3. The van der Waals surface area contributed by atoms with Crippen molar-refractivity contribution in [3.63, 3.8) is 0 Å². The van der Waals surface area contributed by atoms with Crippen LogP contribution in [0.1, 0.15) is 150 Å². The van der Waals surface area contributed by atoms with Gasteiger partial charge >= 0.3 is 12.2 Å². The zero-order valence-corrected chi connectivity index (χ0v) is 36.1. The van der Waals surface area contributed by atoms with E-state index in [0.717, 1.165) is 126 Å². The van der Waals surface area contributed by atoms with Crippen molar-refractivity contribution in [3.05, 3.63) is 35.2 Å². The molecule has 60 heavy (non-hydrogen) atoms. The molecule has 4 aliphatic carbocycles. The van der Waals surface area contributed by atoms with Gasteiger partial charge in [-0.1, -0.05) is 51.4 Å². The topological polar surface area (TPSA) is 175 Å². The first-order valence-corrected chi connectivity index (χ1v) is 23.6. The van der Waals surface area contributed by atoms with E-state index in [0.29, 0.717) is 13.1 Å². The summed E-state index contributed by atoms with van der Waals surface area (Å²) in [5, 5.41) is 5.83. The number of thiophene rings is 1. The largest absolute Gasteiger partial charge is 0.453 e. The number of hydrogen-bond acceptors (Lipinski definition) is 9. The Morgan fingerprint density at radius 1 is 0.650 bits per heavy atom. The number of ether oxygens (including phenoxy) is 2. The van der Waals surface area contributed by atoms with Crippen molar-refractivity contribution < 1.29 is 28.7 Å². The molecule has 6 aliphatic rings. The molecule has 3 aromatic rings. The van der Waals surface area contributed by atoms with Crippen molar-refractivity contribution in [2.75, 3.05) is 27.3 Å². The SMILES string of the molecule is COC(=O)N[C@H](C(=O)N1CCC[C@H]1c1ncc(-c2sc(-c3cnc([C@@H]4CCCN4C(=O)[C@@H](NC(=O)OC)C4CCCCC4)[nH]3)c3c2CC2(CCCC2)C3)[nH]1)C1CCCCC1. The van der Waals surface area contributed by atoms with Gasteiger partial charge in [0.1, 0.15) is 23.7 Å². The lowest BCUT2D eigenvalue weighted by Crippen LogP contribution is -2.52. The summed E-state index contributed by atoms with van der Waals surface area (Å²) in [6.07, 6.45) is 23.4. The quantitative estimate of drug-likeness (QED) is 0.158. The molecular weight excluding hydrogens is 781 g/mol. The normalized spacial score (nSPS) is 24.1. The fourth-order valence-electron chi connectivity index (χ4n) is 11.9. The van der Waals surface area contributed by atoms with Crippen molar-refractivity contribution in [3.8, 4) is 21.1 Å². The first kappa shape index (κ1) is 41.0. The van der Waals surface area contributed by atoms with E-state index in [2.05, 4.69) is 20.6 Å². The minimum absolute atomic E-state index is 0.0444. The standard InChI is InChI=1S/C45H62N8O6S/c1-58-43(56)50-35(27-13-5-3-6-14-27)41(54)52-21-11-17-33(52)39-46-25-31(48-39)37-29-23-45(19-9-10-20-45)24-30(29)38(60-37)32-26-47-40(49-32)34-18-12-22-53(34)42(55)36(51-44(57)59-2)28-15-7-4-8-16-28/h25-28,33-36H,3-24H2,1-2H3,(H,46,48)(H,47,49)(H,50,56)(H,51,57)/t33-,34-,35-,36-/m0/s1. The summed E-state index contributed by atoms with van der Waals surface area (Å²) in [5.41, 5.74) is 5.01. The van der Waals surface area contributed by atoms with E-state index in [9.17, 15) is 19.2 Å². The third-order valence-corrected chi connectivity index (χ3v) is 16.3. The van der Waals surface area contributed by atoms with Gasteiger partial charge in [0.05, 0.1) is 59.8 Å². The molecule has 4 amide bonds. The molecule has 1 spiro atoms. The zero-order chi connectivity index (χ0) is 41.4. The number of aromatic nitrogens is 4. The highest BCUT2D eigenvalue weighted by atomic mass is 32.1. The third kappa shape index (κ3) is 7.95. The lowest BCUT2D eigenvalue weighted by molar-refractivity contribution is -0.136. The summed E-state index contributed by atoms with van der Waals surface area (Å²) in [6, 6.07) is -1.61. The molecule has 4 N–H and O–H groups in total. The molecule has 0 radical (unpaired) electrons. The number of likely N-dealkylation sites (tertiary alicyclic amines) is 2. The Morgan fingerprint density at radius 2 is 1.08 bits per heavy atom. The number of hydrogen-bond donors (Lipinski definition) is 4. The second kappa shape index (κ2) is 17.5. The van der Waals surface area contributed by atoms with E-state index >= 15 is 0 Å². The first-order valence-electron chi connectivity index (χ1n) is 22.8. The number of fused-ring (bicyclic) bond motifs is 1. The Balaban J connectivity index is 0.982. The molecule has 0 bridgehead atoms. The molecule has 14 nitrogen and oxygen atoms in total. The number of carbonyl (C=O) groups is 4. The maximum absolute atomic E-state index is 14.3. The van der Waals surface area contributed by atoms with E-state index in [1.807, 2.05) is 22.2 Å². The molecule has 5 heterocycles. The lowest BCUT2D eigenvalue weighted by Gasteiger charge is -2.34. The van der Waals surface area contributed by atoms with Gasteiger partial charge in [-0.25, -0.2) is 19.6 Å². The average Bonchev–Trinajstić information content (AvgIpc) is 4.14. The fourth-order valence-corrected chi connectivity index (χ4v) is 13.2. The van der Waals surface area contributed by atoms with Crippen LogP contribution in [-0.2, 0) is 31.9 Å². The highest BCUT2D eigenvalue weighted by Gasteiger charge is 2.45. The summed E-state index contributed by atoms with van der Waals surface area (Å²) < 4.78 is 9.92. The van der Waals surface area contributed by atoms with Gasteiger partial charge in [-0.15, -0.1) is 11.3 Å². The molecule has 9 rings (SSSR count). The van der Waals surface area contributed by atoms with E-state index in [1.54, 1.807) is 11.3 Å². The van der Waals surface area contributed by atoms with Crippen LogP contribution in [0.25, 0.3) is 21.1 Å². The van der Waals surface area contributed by atoms with Crippen LogP contribution in [0.4, 0.5) is 9.59 Å². The summed E-state index contributed by atoms with van der Waals surface area (Å²) in [4.78, 5) is 77.1. The van der Waals surface area contributed by atoms with Crippen LogP contribution in [0.2, 0.25) is 0 Å². The maximum atomic E-state index is 14.3. The second-order valence-electron chi connectivity index (χ2n) is 18.5. The number of nitrogens with one attached hydrogen (secondary N) is 4. The smallest absolute Gasteiger partial charge is 0.407 e. The van der Waals surface area contributed by atoms with E-state index < -0.39 is 24.3 Å². The maximum Gasteiger partial charge on any atom is 0.407 e. The molecule has 4 atom stereocenters. The number of H-pyrrole nitrogens is 2. The monoisotopic (exact) mass is 842 g/mol. The Bertz CT molecular complexity index is 1910. The summed E-state index contributed by atoms with van der Waals surface area (Å²) in [6.45, 7) is 1.25. The minimum atomic E-state index is -0.609. The molecule has 5 fully saturated rings. The molecule has 0 aromatic carbocycles. The van der Waals surface area contributed by atoms with Gasteiger partial charge in [0, 0.05) is 13.1 Å². The number of alkyl carbamates (subject to hydrolysis) is 2. The van der Waals surface area contributed by atoms with Crippen molar-refractivity contribution in [2.45, 2.75) is 153 Å². The Morgan fingerprint density at radius 3 is 1.50 bits per heavy atom. The minimum Gasteiger partial charge on any atom is -0.453 e. The van der Waals surface area contributed by atoms with Gasteiger partial charge in [-0.2, -0.15) is 0 Å². The average molecular weight is 843 g/mol. The van der Waals surface area contributed by atoms with Crippen molar-refractivity contribution >= 4 is 35.3 Å².